The van der Waals surface area contributed by atoms with E-state index in [0.29, 0.717) is 25.4 Å². The summed E-state index contributed by atoms with van der Waals surface area (Å²) in [6, 6.07) is 12.4. The summed E-state index contributed by atoms with van der Waals surface area (Å²) in [5.41, 5.74) is 2.17. The number of rotatable bonds is 6. The molecule has 2 saturated heterocycles. The molecule has 2 fully saturated rings. The number of para-hydroxylation sites is 1. The molecular formula is C34H44FNO5. The van der Waals surface area contributed by atoms with Gasteiger partial charge in [0, 0.05) is 30.5 Å². The fraction of sp³-hybridized carbons (Fsp3) is 0.559. The summed E-state index contributed by atoms with van der Waals surface area (Å²) >= 11 is 0. The van der Waals surface area contributed by atoms with Gasteiger partial charge in [-0.3, -0.25) is 0 Å². The van der Waals surface area contributed by atoms with E-state index < -0.39 is 11.2 Å². The van der Waals surface area contributed by atoms with Gasteiger partial charge in [-0.2, -0.15) is 0 Å². The van der Waals surface area contributed by atoms with Gasteiger partial charge in [0.1, 0.15) is 23.6 Å². The molecule has 3 aliphatic heterocycles. The van der Waals surface area contributed by atoms with Gasteiger partial charge in [0.15, 0.2) is 11.5 Å². The number of hydrogen-bond donors (Lipinski definition) is 0. The van der Waals surface area contributed by atoms with E-state index in [1.807, 2.05) is 37.8 Å². The van der Waals surface area contributed by atoms with Crippen molar-refractivity contribution in [1.29, 1.82) is 0 Å². The predicted molar refractivity (Wildman–Crippen MR) is 157 cm³/mol. The number of nitrogens with zero attached hydrogens (tertiary/aromatic N) is 1. The van der Waals surface area contributed by atoms with E-state index in [1.54, 1.807) is 12.1 Å². The molecule has 0 radical (unpaired) electrons. The highest BCUT2D eigenvalue weighted by Crippen LogP contribution is 2.56. The van der Waals surface area contributed by atoms with Crippen LogP contribution in [0.1, 0.15) is 84.5 Å². The standard InChI is InChI=1S/C34H44FNO5/c1-22(2)9-8-17-34(6)27-19-24-20-36(32(37)41-33(3,4)5)18-16-28(24)39-30(27)26-10-7-11-29(31(26)40-34)38-21-23-12-14-25(35)15-13-23/h7,9-15,24,27-28,30H,8,16-21H2,1-6H3/t24-,27-,28-,30+,34+/m0/s1. The summed E-state index contributed by atoms with van der Waals surface area (Å²) in [6.45, 7) is 13.7. The zero-order valence-electron chi connectivity index (χ0n) is 25.2. The third-order valence-corrected chi connectivity index (χ3v) is 8.50. The number of carbonyl (C=O) groups excluding carboxylic acids is 1. The molecule has 6 nitrogen and oxygen atoms in total. The van der Waals surface area contributed by atoms with Gasteiger partial charge in [-0.05, 0) is 91.0 Å². The van der Waals surface area contributed by atoms with E-state index in [4.69, 9.17) is 18.9 Å². The highest BCUT2D eigenvalue weighted by molar-refractivity contribution is 5.68. The molecule has 3 aliphatic rings. The Labute approximate surface area is 243 Å². The van der Waals surface area contributed by atoms with Crippen LogP contribution in [-0.2, 0) is 16.1 Å². The van der Waals surface area contributed by atoms with Crippen LogP contribution in [0.3, 0.4) is 0 Å². The lowest BCUT2D eigenvalue weighted by atomic mass is 9.68. The van der Waals surface area contributed by atoms with Gasteiger partial charge >= 0.3 is 6.09 Å². The number of ether oxygens (including phenoxy) is 4. The molecule has 0 aromatic heterocycles. The van der Waals surface area contributed by atoms with Crippen molar-refractivity contribution in [2.75, 3.05) is 13.1 Å². The van der Waals surface area contributed by atoms with Crippen molar-refractivity contribution in [2.45, 2.75) is 97.2 Å². The number of fused-ring (bicyclic) bond motifs is 4. The van der Waals surface area contributed by atoms with E-state index in [1.165, 1.54) is 17.7 Å². The van der Waals surface area contributed by atoms with Crippen LogP contribution in [0.4, 0.5) is 9.18 Å². The number of allylic oxidation sites excluding steroid dienone is 2. The van der Waals surface area contributed by atoms with Gasteiger partial charge in [-0.1, -0.05) is 35.9 Å². The number of carbonyl (C=O) groups is 1. The van der Waals surface area contributed by atoms with Gasteiger partial charge in [0.25, 0.3) is 0 Å². The van der Waals surface area contributed by atoms with Crippen LogP contribution in [0.15, 0.2) is 54.1 Å². The van der Waals surface area contributed by atoms with Crippen LogP contribution in [0.5, 0.6) is 11.5 Å². The van der Waals surface area contributed by atoms with Crippen LogP contribution in [0.25, 0.3) is 0 Å². The summed E-state index contributed by atoms with van der Waals surface area (Å²) in [6.07, 6.45) is 5.35. The molecule has 0 saturated carbocycles. The Morgan fingerprint density at radius 1 is 1.17 bits per heavy atom. The minimum atomic E-state index is -0.525. The molecule has 3 heterocycles. The van der Waals surface area contributed by atoms with E-state index >= 15 is 0 Å². The number of hydrogen-bond acceptors (Lipinski definition) is 5. The van der Waals surface area contributed by atoms with Gasteiger partial charge in [-0.15, -0.1) is 0 Å². The van der Waals surface area contributed by atoms with Gasteiger partial charge in [0.05, 0.1) is 12.2 Å². The van der Waals surface area contributed by atoms with Gasteiger partial charge in [-0.25, -0.2) is 9.18 Å². The van der Waals surface area contributed by atoms with E-state index in [2.05, 4.69) is 32.9 Å². The Kier molecular flexibility index (Phi) is 8.38. The summed E-state index contributed by atoms with van der Waals surface area (Å²) < 4.78 is 39.2. The highest BCUT2D eigenvalue weighted by atomic mass is 19.1. The smallest absolute Gasteiger partial charge is 0.410 e. The van der Waals surface area contributed by atoms with Crippen molar-refractivity contribution in [3.05, 3.63) is 71.1 Å². The second-order valence-electron chi connectivity index (χ2n) is 13.2. The van der Waals surface area contributed by atoms with Crippen molar-refractivity contribution in [1.82, 2.24) is 4.90 Å². The Morgan fingerprint density at radius 3 is 2.63 bits per heavy atom. The molecule has 0 bridgehead atoms. The molecule has 5 rings (SSSR count). The quantitative estimate of drug-likeness (QED) is 0.332. The number of amides is 1. The molecule has 2 aromatic rings. The first kappa shape index (κ1) is 29.4. The third kappa shape index (κ3) is 6.72. The maximum atomic E-state index is 13.4. The molecule has 7 heteroatoms. The Bertz CT molecular complexity index is 1260. The monoisotopic (exact) mass is 565 g/mol. The summed E-state index contributed by atoms with van der Waals surface area (Å²) in [7, 11) is 0. The average Bonchev–Trinajstić information content (AvgIpc) is 2.91. The van der Waals surface area contributed by atoms with Crippen LogP contribution in [0.2, 0.25) is 0 Å². The highest BCUT2D eigenvalue weighted by Gasteiger charge is 2.54. The van der Waals surface area contributed by atoms with E-state index in [9.17, 15) is 9.18 Å². The average molecular weight is 566 g/mol. The number of likely N-dealkylation sites (tertiary alicyclic amines) is 1. The second kappa shape index (κ2) is 11.7. The minimum absolute atomic E-state index is 0.0618. The lowest BCUT2D eigenvalue weighted by molar-refractivity contribution is -0.191. The topological polar surface area (TPSA) is 57.2 Å². The molecular weight excluding hydrogens is 521 g/mol. The van der Waals surface area contributed by atoms with Gasteiger partial charge < -0.3 is 23.8 Å². The van der Waals surface area contributed by atoms with E-state index in [-0.39, 0.29) is 36.0 Å². The van der Waals surface area contributed by atoms with Crippen LogP contribution in [0, 0.1) is 17.7 Å². The van der Waals surface area contributed by atoms with Crippen LogP contribution >= 0.6 is 0 Å². The molecule has 0 spiro atoms. The first-order valence-corrected chi connectivity index (χ1v) is 14.9. The number of piperidine rings is 1. The molecule has 0 unspecified atom stereocenters. The first-order chi connectivity index (χ1) is 19.4. The molecule has 0 aliphatic carbocycles. The lowest BCUT2D eigenvalue weighted by Gasteiger charge is -2.54. The Hall–Kier alpha value is -3.06. The molecule has 1 amide bonds. The largest absolute Gasteiger partial charge is 0.485 e. The van der Waals surface area contributed by atoms with Crippen molar-refractivity contribution < 1.29 is 28.1 Å². The zero-order chi connectivity index (χ0) is 29.4. The lowest BCUT2D eigenvalue weighted by Crippen LogP contribution is -2.57. The fourth-order valence-electron chi connectivity index (χ4n) is 6.42. The zero-order valence-corrected chi connectivity index (χ0v) is 25.2. The fourth-order valence-corrected chi connectivity index (χ4v) is 6.42. The number of halogens is 1. The molecule has 41 heavy (non-hydrogen) atoms. The molecule has 2 aromatic carbocycles. The van der Waals surface area contributed by atoms with Crippen LogP contribution in [-0.4, -0.2) is 41.4 Å². The van der Waals surface area contributed by atoms with Crippen LogP contribution < -0.4 is 9.47 Å². The first-order valence-electron chi connectivity index (χ1n) is 14.9. The van der Waals surface area contributed by atoms with Crippen molar-refractivity contribution in [3.63, 3.8) is 0 Å². The normalized spacial score (nSPS) is 27.0. The molecule has 222 valence electrons. The minimum Gasteiger partial charge on any atom is -0.485 e. The van der Waals surface area contributed by atoms with Crippen molar-refractivity contribution >= 4 is 6.09 Å². The van der Waals surface area contributed by atoms with E-state index in [0.717, 1.165) is 42.6 Å². The van der Waals surface area contributed by atoms with Crippen molar-refractivity contribution in [2.24, 2.45) is 11.8 Å². The maximum Gasteiger partial charge on any atom is 0.410 e. The second-order valence-corrected chi connectivity index (χ2v) is 13.2. The predicted octanol–water partition coefficient (Wildman–Crippen LogP) is 8.01. The van der Waals surface area contributed by atoms with Crippen molar-refractivity contribution in [3.8, 4) is 11.5 Å². The summed E-state index contributed by atoms with van der Waals surface area (Å²) in [5, 5.41) is 0. The summed E-state index contributed by atoms with van der Waals surface area (Å²) in [5.74, 6) is 1.47. The summed E-state index contributed by atoms with van der Waals surface area (Å²) in [4.78, 5) is 14.7. The molecule has 5 atom stereocenters. The maximum absolute atomic E-state index is 13.4. The Morgan fingerprint density at radius 2 is 1.93 bits per heavy atom. The SMILES string of the molecule is CC(C)=CCC[C@@]1(C)Oc2c(OCc3ccc(F)cc3)cccc2[C@H]2O[C@H]3CCN(C(=O)OC(C)(C)C)C[C@@H]3C[C@@H]21. The Balaban J connectivity index is 1.41. The van der Waals surface area contributed by atoms with Gasteiger partial charge in [0.2, 0.25) is 0 Å². The third-order valence-electron chi connectivity index (χ3n) is 8.50. The number of benzene rings is 2. The molecule has 0 N–H and O–H groups in total.